The molecule has 1 heterocycles. The van der Waals surface area contributed by atoms with Crippen LogP contribution in [0.15, 0.2) is 24.3 Å². The predicted molar refractivity (Wildman–Crippen MR) is 76.7 cm³/mol. The Morgan fingerprint density at radius 3 is 2.37 bits per heavy atom. The number of methoxy groups -OCH3 is 1. The highest BCUT2D eigenvalue weighted by Gasteiger charge is 2.19. The van der Waals surface area contributed by atoms with Crippen molar-refractivity contribution in [1.29, 1.82) is 0 Å². The zero-order chi connectivity index (χ0) is 13.3. The molecule has 7 heteroatoms. The van der Waals surface area contributed by atoms with Gasteiger partial charge in [-0.3, -0.25) is 0 Å². The highest BCUT2D eigenvalue weighted by atomic mass is 35.5. The molecular weight excluding hydrogens is 266 g/mol. The maximum absolute atomic E-state index is 9.40. The fourth-order valence-electron chi connectivity index (χ4n) is 1.92. The lowest BCUT2D eigenvalue weighted by atomic mass is 9.79. The van der Waals surface area contributed by atoms with E-state index >= 15 is 0 Å². The number of aromatic nitrogens is 2. The average molecular weight is 283 g/mol. The van der Waals surface area contributed by atoms with Crippen LogP contribution in [0.1, 0.15) is 11.4 Å². The van der Waals surface area contributed by atoms with Gasteiger partial charge in [0.15, 0.2) is 0 Å². The lowest BCUT2D eigenvalue weighted by Crippen LogP contribution is -2.33. The SMILES string of the molecule is COc1ccc(B(O)O)c(-n2nc(C)cc2C)c1.Cl. The van der Waals surface area contributed by atoms with E-state index in [-0.39, 0.29) is 12.4 Å². The van der Waals surface area contributed by atoms with Crippen LogP contribution < -0.4 is 10.2 Å². The summed E-state index contributed by atoms with van der Waals surface area (Å²) < 4.78 is 6.83. The van der Waals surface area contributed by atoms with Crippen LogP contribution in [0.25, 0.3) is 5.69 Å². The van der Waals surface area contributed by atoms with Crippen LogP contribution in [0.3, 0.4) is 0 Å². The molecule has 0 aliphatic rings. The molecule has 0 unspecified atom stereocenters. The van der Waals surface area contributed by atoms with Crippen LogP contribution in [0.2, 0.25) is 0 Å². The lowest BCUT2D eigenvalue weighted by Gasteiger charge is -2.12. The molecule has 0 saturated heterocycles. The molecule has 5 nitrogen and oxygen atoms in total. The van der Waals surface area contributed by atoms with E-state index in [2.05, 4.69) is 5.10 Å². The van der Waals surface area contributed by atoms with Crippen molar-refractivity contribution in [2.24, 2.45) is 0 Å². The van der Waals surface area contributed by atoms with Crippen molar-refractivity contribution in [2.45, 2.75) is 13.8 Å². The van der Waals surface area contributed by atoms with Crippen molar-refractivity contribution < 1.29 is 14.8 Å². The van der Waals surface area contributed by atoms with Gasteiger partial charge in [-0.05, 0) is 26.0 Å². The van der Waals surface area contributed by atoms with Gasteiger partial charge in [0, 0.05) is 17.2 Å². The normalized spacial score (nSPS) is 9.95. The van der Waals surface area contributed by atoms with Crippen molar-refractivity contribution in [2.75, 3.05) is 7.11 Å². The Kier molecular flexibility index (Phi) is 5.00. The first-order chi connectivity index (χ1) is 8.52. The highest BCUT2D eigenvalue weighted by Crippen LogP contribution is 2.17. The molecule has 0 bridgehead atoms. The number of benzene rings is 1. The van der Waals surface area contributed by atoms with E-state index in [0.717, 1.165) is 11.4 Å². The van der Waals surface area contributed by atoms with Crippen molar-refractivity contribution in [3.05, 3.63) is 35.7 Å². The number of ether oxygens (including phenoxy) is 1. The molecule has 2 N–H and O–H groups in total. The summed E-state index contributed by atoms with van der Waals surface area (Å²) in [7, 11) is 0.0184. The molecule has 0 saturated carbocycles. The molecule has 0 fully saturated rings. The predicted octanol–water partition coefficient (Wildman–Crippen LogP) is 0.599. The molecule has 0 atom stereocenters. The van der Waals surface area contributed by atoms with E-state index in [4.69, 9.17) is 4.74 Å². The second kappa shape index (κ2) is 6.10. The topological polar surface area (TPSA) is 67.5 Å². The molecule has 19 heavy (non-hydrogen) atoms. The van der Waals surface area contributed by atoms with Gasteiger partial charge in [-0.1, -0.05) is 6.07 Å². The third-order valence-electron chi connectivity index (χ3n) is 2.75. The Morgan fingerprint density at radius 2 is 1.89 bits per heavy atom. The van der Waals surface area contributed by atoms with Crippen LogP contribution >= 0.6 is 12.4 Å². The molecule has 0 radical (unpaired) electrons. The fourth-order valence-corrected chi connectivity index (χ4v) is 1.92. The summed E-state index contributed by atoms with van der Waals surface area (Å²) in [5.41, 5.74) is 2.79. The van der Waals surface area contributed by atoms with E-state index in [9.17, 15) is 10.0 Å². The van der Waals surface area contributed by atoms with Crippen LogP contribution in [-0.2, 0) is 0 Å². The molecule has 2 aromatic rings. The smallest absolute Gasteiger partial charge is 0.490 e. The maximum atomic E-state index is 9.40. The summed E-state index contributed by atoms with van der Waals surface area (Å²) in [5, 5.41) is 23.1. The van der Waals surface area contributed by atoms with Crippen LogP contribution in [-0.4, -0.2) is 34.1 Å². The molecule has 1 aromatic heterocycles. The van der Waals surface area contributed by atoms with Gasteiger partial charge in [0.2, 0.25) is 0 Å². The number of hydrogen-bond acceptors (Lipinski definition) is 4. The third-order valence-corrected chi connectivity index (χ3v) is 2.75. The Bertz CT molecular complexity index is 572. The molecule has 0 aliphatic carbocycles. The monoisotopic (exact) mass is 282 g/mol. The fraction of sp³-hybridized carbons (Fsp3) is 0.250. The van der Waals surface area contributed by atoms with Gasteiger partial charge in [0.25, 0.3) is 0 Å². The number of rotatable bonds is 3. The summed E-state index contributed by atoms with van der Waals surface area (Å²) in [6, 6.07) is 6.96. The third kappa shape index (κ3) is 3.09. The zero-order valence-electron chi connectivity index (χ0n) is 11.0. The Labute approximate surface area is 118 Å². The minimum absolute atomic E-state index is 0. The number of aryl methyl sites for hydroxylation is 2. The molecule has 0 amide bonds. The summed E-state index contributed by atoms with van der Waals surface area (Å²) in [6.45, 7) is 3.80. The number of nitrogens with zero attached hydrogens (tertiary/aromatic N) is 2. The maximum Gasteiger partial charge on any atom is 0.490 e. The van der Waals surface area contributed by atoms with Gasteiger partial charge in [0.1, 0.15) is 5.75 Å². The molecular formula is C12H16BClN2O3. The van der Waals surface area contributed by atoms with E-state index in [1.165, 1.54) is 0 Å². The second-order valence-electron chi connectivity index (χ2n) is 4.14. The zero-order valence-corrected chi connectivity index (χ0v) is 11.8. The highest BCUT2D eigenvalue weighted by molar-refractivity contribution is 6.60. The Balaban J connectivity index is 0.00000180. The Hall–Kier alpha value is -1.50. The number of hydrogen-bond donors (Lipinski definition) is 2. The van der Waals surface area contributed by atoms with Crippen LogP contribution in [0.4, 0.5) is 0 Å². The van der Waals surface area contributed by atoms with Crippen LogP contribution in [0.5, 0.6) is 5.75 Å². The van der Waals surface area contributed by atoms with Gasteiger partial charge >= 0.3 is 7.12 Å². The second-order valence-corrected chi connectivity index (χ2v) is 4.14. The quantitative estimate of drug-likeness (QED) is 0.809. The van der Waals surface area contributed by atoms with E-state index < -0.39 is 7.12 Å². The largest absolute Gasteiger partial charge is 0.497 e. The van der Waals surface area contributed by atoms with E-state index in [1.807, 2.05) is 19.9 Å². The molecule has 2 rings (SSSR count). The summed E-state index contributed by atoms with van der Waals surface area (Å²) in [5.74, 6) is 0.641. The number of halogens is 1. The lowest BCUT2D eigenvalue weighted by molar-refractivity contribution is 0.413. The minimum Gasteiger partial charge on any atom is -0.497 e. The van der Waals surface area contributed by atoms with Gasteiger partial charge in [-0.2, -0.15) is 5.10 Å². The molecule has 0 spiro atoms. The first-order valence-corrected chi connectivity index (χ1v) is 5.60. The minimum atomic E-state index is -1.55. The molecule has 102 valence electrons. The first kappa shape index (κ1) is 15.6. The van der Waals surface area contributed by atoms with E-state index in [0.29, 0.717) is 16.9 Å². The van der Waals surface area contributed by atoms with E-state index in [1.54, 1.807) is 30.0 Å². The van der Waals surface area contributed by atoms with Crippen molar-refractivity contribution >= 4 is 25.0 Å². The van der Waals surface area contributed by atoms with Gasteiger partial charge in [-0.15, -0.1) is 12.4 Å². The first-order valence-electron chi connectivity index (χ1n) is 5.60. The molecule has 0 aliphatic heterocycles. The van der Waals surface area contributed by atoms with Gasteiger partial charge in [-0.25, -0.2) is 4.68 Å². The molecule has 1 aromatic carbocycles. The standard InChI is InChI=1S/C12H15BN2O3.ClH/c1-8-6-9(2)15(14-8)12-7-10(18-3)4-5-11(12)13(16)17;/h4-7,16-17H,1-3H3;1H. The van der Waals surface area contributed by atoms with Crippen molar-refractivity contribution in [3.63, 3.8) is 0 Å². The summed E-state index contributed by atoms with van der Waals surface area (Å²) in [6.07, 6.45) is 0. The average Bonchev–Trinajstić information content (AvgIpc) is 2.67. The summed E-state index contributed by atoms with van der Waals surface area (Å²) >= 11 is 0. The van der Waals surface area contributed by atoms with Crippen LogP contribution in [0, 0.1) is 13.8 Å². The van der Waals surface area contributed by atoms with Gasteiger partial charge in [0.05, 0.1) is 18.5 Å². The van der Waals surface area contributed by atoms with Gasteiger partial charge < -0.3 is 14.8 Å². The van der Waals surface area contributed by atoms with Crippen molar-refractivity contribution in [1.82, 2.24) is 9.78 Å². The summed E-state index contributed by atoms with van der Waals surface area (Å²) in [4.78, 5) is 0. The van der Waals surface area contributed by atoms with Crippen molar-refractivity contribution in [3.8, 4) is 11.4 Å². The Morgan fingerprint density at radius 1 is 1.21 bits per heavy atom.